The monoisotopic (exact) mass is 480 g/mol. The molecule has 3 amide bonds. The number of rotatable bonds is 7. The van der Waals surface area contributed by atoms with E-state index in [1.54, 1.807) is 29.4 Å². The number of likely N-dealkylation sites (tertiary alicyclic amines) is 1. The predicted octanol–water partition coefficient (Wildman–Crippen LogP) is 3.95. The quantitative estimate of drug-likeness (QED) is 0.346. The van der Waals surface area contributed by atoms with E-state index in [9.17, 15) is 14.4 Å². The number of hydrogen-bond donors (Lipinski definition) is 3. The topological polar surface area (TPSA) is 120 Å². The van der Waals surface area contributed by atoms with Gasteiger partial charge in [-0.3, -0.25) is 24.5 Å². The molecule has 9 heteroatoms. The third kappa shape index (κ3) is 4.85. The van der Waals surface area contributed by atoms with Gasteiger partial charge in [0.05, 0.1) is 11.4 Å². The molecule has 180 valence electrons. The summed E-state index contributed by atoms with van der Waals surface area (Å²) in [5.74, 6) is -0.353. The number of carbonyl (C=O) groups excluding carboxylic acids is 3. The van der Waals surface area contributed by atoms with Crippen LogP contribution in [0, 0.1) is 0 Å². The van der Waals surface area contributed by atoms with Crippen LogP contribution < -0.4 is 10.6 Å². The molecule has 0 saturated carbocycles. The second-order valence-electron chi connectivity index (χ2n) is 8.47. The standard InChI is InChI=1S/C27H24N6O3/c34-17-29-21-7-3-18(4-8-21)23-16-24(32-31-23)19-5-9-22(10-6-19)30-26(35)25-2-1-15-33(25)27(36)20-11-13-28-14-12-20/h3-14,16-17,25H,1-2,15H2,(H,29,34)(H,30,35)(H,31,32)/t25-/m0/s1. The molecule has 1 fully saturated rings. The molecule has 1 aliphatic rings. The molecule has 1 aliphatic heterocycles. The molecular formula is C27H24N6O3. The van der Waals surface area contributed by atoms with Gasteiger partial charge in [0.2, 0.25) is 12.3 Å². The molecule has 0 radical (unpaired) electrons. The third-order valence-corrected chi connectivity index (χ3v) is 6.19. The second-order valence-corrected chi connectivity index (χ2v) is 8.47. The Morgan fingerprint density at radius 1 is 0.944 bits per heavy atom. The maximum Gasteiger partial charge on any atom is 0.254 e. The van der Waals surface area contributed by atoms with E-state index in [4.69, 9.17) is 0 Å². The van der Waals surface area contributed by atoms with Gasteiger partial charge >= 0.3 is 0 Å². The lowest BCUT2D eigenvalue weighted by atomic mass is 10.1. The van der Waals surface area contributed by atoms with Crippen LogP contribution in [-0.4, -0.2) is 50.9 Å². The lowest BCUT2D eigenvalue weighted by molar-refractivity contribution is -0.119. The van der Waals surface area contributed by atoms with Gasteiger partial charge in [0.1, 0.15) is 6.04 Å². The van der Waals surface area contributed by atoms with Crippen LogP contribution in [0.3, 0.4) is 0 Å². The van der Waals surface area contributed by atoms with Crippen molar-refractivity contribution in [2.24, 2.45) is 0 Å². The van der Waals surface area contributed by atoms with E-state index in [1.165, 1.54) is 0 Å². The number of H-pyrrole nitrogens is 1. The zero-order valence-electron chi connectivity index (χ0n) is 19.3. The average molecular weight is 481 g/mol. The first-order valence-corrected chi connectivity index (χ1v) is 11.6. The Morgan fingerprint density at radius 2 is 1.64 bits per heavy atom. The highest BCUT2D eigenvalue weighted by molar-refractivity contribution is 6.01. The summed E-state index contributed by atoms with van der Waals surface area (Å²) >= 11 is 0. The van der Waals surface area contributed by atoms with E-state index in [0.717, 1.165) is 28.9 Å². The molecule has 5 rings (SSSR count). The number of aromatic nitrogens is 3. The SMILES string of the molecule is O=CNc1ccc(-c2cc(-c3ccc(NC(=O)[C@@H]4CCCN4C(=O)c4ccncc4)cc3)[nH]n2)cc1. The summed E-state index contributed by atoms with van der Waals surface area (Å²) in [7, 11) is 0. The Bertz CT molecular complexity index is 1370. The van der Waals surface area contributed by atoms with Crippen molar-refractivity contribution in [2.75, 3.05) is 17.2 Å². The largest absolute Gasteiger partial charge is 0.329 e. The molecular weight excluding hydrogens is 456 g/mol. The molecule has 0 aliphatic carbocycles. The lowest BCUT2D eigenvalue weighted by Gasteiger charge is -2.24. The fourth-order valence-corrected chi connectivity index (χ4v) is 4.32. The maximum absolute atomic E-state index is 13.0. The van der Waals surface area contributed by atoms with Crippen LogP contribution >= 0.6 is 0 Å². The summed E-state index contributed by atoms with van der Waals surface area (Å²) in [6.07, 6.45) is 5.20. The highest BCUT2D eigenvalue weighted by Gasteiger charge is 2.34. The number of hydrogen-bond acceptors (Lipinski definition) is 5. The molecule has 2 aromatic carbocycles. The minimum absolute atomic E-state index is 0.157. The van der Waals surface area contributed by atoms with Crippen LogP contribution in [-0.2, 0) is 9.59 Å². The van der Waals surface area contributed by atoms with Gasteiger partial charge in [0, 0.05) is 41.4 Å². The summed E-state index contributed by atoms with van der Waals surface area (Å²) in [4.78, 5) is 42.0. The van der Waals surface area contributed by atoms with E-state index < -0.39 is 6.04 Å². The van der Waals surface area contributed by atoms with Gasteiger partial charge in [0.25, 0.3) is 5.91 Å². The third-order valence-electron chi connectivity index (χ3n) is 6.19. The number of nitrogens with zero attached hydrogens (tertiary/aromatic N) is 3. The normalized spacial score (nSPS) is 14.9. The van der Waals surface area contributed by atoms with Gasteiger partial charge in [-0.15, -0.1) is 0 Å². The zero-order chi connectivity index (χ0) is 24.9. The molecule has 36 heavy (non-hydrogen) atoms. The van der Waals surface area contributed by atoms with Crippen LogP contribution in [0.4, 0.5) is 11.4 Å². The number of anilines is 2. The first kappa shape index (κ1) is 23.0. The van der Waals surface area contributed by atoms with Gasteiger partial charge in [0.15, 0.2) is 0 Å². The van der Waals surface area contributed by atoms with Crippen molar-refractivity contribution in [1.82, 2.24) is 20.1 Å². The average Bonchev–Trinajstić information content (AvgIpc) is 3.61. The molecule has 4 aromatic rings. The van der Waals surface area contributed by atoms with Gasteiger partial charge in [-0.25, -0.2) is 0 Å². The van der Waals surface area contributed by atoms with Gasteiger partial charge in [-0.2, -0.15) is 5.10 Å². The lowest BCUT2D eigenvalue weighted by Crippen LogP contribution is -2.43. The first-order valence-electron chi connectivity index (χ1n) is 11.6. The van der Waals surface area contributed by atoms with E-state index >= 15 is 0 Å². The zero-order valence-corrected chi connectivity index (χ0v) is 19.3. The van der Waals surface area contributed by atoms with E-state index in [2.05, 4.69) is 25.8 Å². The predicted molar refractivity (Wildman–Crippen MR) is 136 cm³/mol. The summed E-state index contributed by atoms with van der Waals surface area (Å²) in [5, 5.41) is 13.0. The highest BCUT2D eigenvalue weighted by atomic mass is 16.2. The van der Waals surface area contributed by atoms with Gasteiger partial charge < -0.3 is 15.5 Å². The molecule has 9 nitrogen and oxygen atoms in total. The number of nitrogens with one attached hydrogen (secondary N) is 3. The fourth-order valence-electron chi connectivity index (χ4n) is 4.32. The van der Waals surface area contributed by atoms with Crippen LogP contribution in [0.1, 0.15) is 23.2 Å². The first-order chi connectivity index (χ1) is 17.6. The van der Waals surface area contributed by atoms with Crippen molar-refractivity contribution < 1.29 is 14.4 Å². The minimum atomic E-state index is -0.506. The Balaban J connectivity index is 1.24. The molecule has 0 bridgehead atoms. The van der Waals surface area contributed by atoms with Crippen molar-refractivity contribution in [2.45, 2.75) is 18.9 Å². The molecule has 1 atom stereocenters. The summed E-state index contributed by atoms with van der Waals surface area (Å²) < 4.78 is 0. The maximum atomic E-state index is 13.0. The van der Waals surface area contributed by atoms with Crippen molar-refractivity contribution >= 4 is 29.6 Å². The second kappa shape index (κ2) is 10.2. The molecule has 1 saturated heterocycles. The molecule has 0 unspecified atom stereocenters. The molecule has 3 N–H and O–H groups in total. The number of aromatic amines is 1. The number of carbonyl (C=O) groups is 3. The smallest absolute Gasteiger partial charge is 0.254 e. The Hall–Kier alpha value is -4.79. The van der Waals surface area contributed by atoms with Crippen LogP contribution in [0.2, 0.25) is 0 Å². The van der Waals surface area contributed by atoms with Gasteiger partial charge in [-0.05, 0) is 60.9 Å². The van der Waals surface area contributed by atoms with Crippen molar-refractivity contribution in [1.29, 1.82) is 0 Å². The number of amides is 3. The molecule has 2 aromatic heterocycles. The van der Waals surface area contributed by atoms with E-state index in [1.807, 2.05) is 54.6 Å². The Labute approximate surface area is 207 Å². The van der Waals surface area contributed by atoms with Crippen molar-refractivity contribution in [3.8, 4) is 22.5 Å². The van der Waals surface area contributed by atoms with Crippen molar-refractivity contribution in [3.05, 3.63) is 84.7 Å². The summed E-state index contributed by atoms with van der Waals surface area (Å²) in [6.45, 7) is 0.552. The Morgan fingerprint density at radius 3 is 2.36 bits per heavy atom. The summed E-state index contributed by atoms with van der Waals surface area (Å²) in [6, 6.07) is 19.6. The fraction of sp³-hybridized carbons (Fsp3) is 0.148. The van der Waals surface area contributed by atoms with Crippen LogP contribution in [0.5, 0.6) is 0 Å². The summed E-state index contributed by atoms with van der Waals surface area (Å²) in [5.41, 5.74) is 5.35. The van der Waals surface area contributed by atoms with Crippen LogP contribution in [0.15, 0.2) is 79.1 Å². The van der Waals surface area contributed by atoms with Crippen molar-refractivity contribution in [3.63, 3.8) is 0 Å². The van der Waals surface area contributed by atoms with E-state index in [0.29, 0.717) is 36.3 Å². The van der Waals surface area contributed by atoms with Gasteiger partial charge in [-0.1, -0.05) is 24.3 Å². The minimum Gasteiger partial charge on any atom is -0.329 e. The molecule has 0 spiro atoms. The Kier molecular flexibility index (Phi) is 6.53. The molecule has 3 heterocycles. The van der Waals surface area contributed by atoms with Crippen LogP contribution in [0.25, 0.3) is 22.5 Å². The highest BCUT2D eigenvalue weighted by Crippen LogP contribution is 2.27. The number of benzene rings is 2. The van der Waals surface area contributed by atoms with E-state index in [-0.39, 0.29) is 11.8 Å². The number of pyridine rings is 1.